The standard InChI is InChI=1S/C22H24N6O/c1-15-12-20(27-26-15)23-19-14-21(28(2)10-11-29-3)25-22(24-19)18-9-8-16-6-4-5-7-17(16)13-18/h4-9,12-14H,10-11H2,1-3H3,(H2,23,24,25,26,27). The highest BCUT2D eigenvalue weighted by molar-refractivity contribution is 5.86. The van der Waals surface area contributed by atoms with Gasteiger partial charge in [-0.15, -0.1) is 0 Å². The third-order valence-corrected chi connectivity index (χ3v) is 4.70. The normalized spacial score (nSPS) is 11.0. The van der Waals surface area contributed by atoms with E-state index in [2.05, 4.69) is 50.7 Å². The van der Waals surface area contributed by atoms with Gasteiger partial charge in [0.2, 0.25) is 0 Å². The lowest BCUT2D eigenvalue weighted by molar-refractivity contribution is 0.206. The first-order valence-electron chi connectivity index (χ1n) is 9.50. The summed E-state index contributed by atoms with van der Waals surface area (Å²) >= 11 is 0. The van der Waals surface area contributed by atoms with Gasteiger partial charge in [-0.25, -0.2) is 9.97 Å². The first kappa shape index (κ1) is 18.9. The maximum atomic E-state index is 5.21. The Morgan fingerprint density at radius 3 is 2.59 bits per heavy atom. The fraction of sp³-hybridized carbons (Fsp3) is 0.227. The molecule has 0 saturated carbocycles. The van der Waals surface area contributed by atoms with Gasteiger partial charge in [-0.05, 0) is 23.8 Å². The van der Waals surface area contributed by atoms with Crippen molar-refractivity contribution in [2.45, 2.75) is 6.92 Å². The van der Waals surface area contributed by atoms with Crippen LogP contribution in [0.4, 0.5) is 17.5 Å². The maximum absolute atomic E-state index is 5.21. The zero-order chi connectivity index (χ0) is 20.2. The largest absolute Gasteiger partial charge is 0.383 e. The van der Waals surface area contributed by atoms with E-state index in [1.807, 2.05) is 38.2 Å². The number of fused-ring (bicyclic) bond motifs is 1. The van der Waals surface area contributed by atoms with Gasteiger partial charge >= 0.3 is 0 Å². The molecule has 0 aliphatic rings. The minimum atomic E-state index is 0.618. The minimum Gasteiger partial charge on any atom is -0.383 e. The van der Waals surface area contributed by atoms with Gasteiger partial charge in [0.1, 0.15) is 11.6 Å². The number of likely N-dealkylation sites (N-methyl/N-ethyl adjacent to an activating group) is 1. The van der Waals surface area contributed by atoms with Crippen LogP contribution in [-0.2, 0) is 4.74 Å². The molecule has 0 radical (unpaired) electrons. The smallest absolute Gasteiger partial charge is 0.163 e. The Balaban J connectivity index is 1.74. The van der Waals surface area contributed by atoms with E-state index in [0.29, 0.717) is 18.2 Å². The topological polar surface area (TPSA) is 79.0 Å². The minimum absolute atomic E-state index is 0.618. The second-order valence-electron chi connectivity index (χ2n) is 6.97. The lowest BCUT2D eigenvalue weighted by atomic mass is 10.1. The van der Waals surface area contributed by atoms with E-state index < -0.39 is 0 Å². The molecule has 29 heavy (non-hydrogen) atoms. The summed E-state index contributed by atoms with van der Waals surface area (Å²) in [4.78, 5) is 11.6. The molecular weight excluding hydrogens is 364 g/mol. The summed E-state index contributed by atoms with van der Waals surface area (Å²) in [7, 11) is 3.69. The lowest BCUT2D eigenvalue weighted by Crippen LogP contribution is -2.23. The Labute approximate surface area is 169 Å². The summed E-state index contributed by atoms with van der Waals surface area (Å²) in [6.07, 6.45) is 0. The number of ether oxygens (including phenoxy) is 1. The van der Waals surface area contributed by atoms with Gasteiger partial charge in [0.05, 0.1) is 6.61 Å². The molecule has 148 valence electrons. The molecule has 2 aromatic carbocycles. The van der Waals surface area contributed by atoms with Crippen molar-refractivity contribution < 1.29 is 4.74 Å². The Hall–Kier alpha value is -3.45. The molecule has 2 heterocycles. The summed E-state index contributed by atoms with van der Waals surface area (Å²) < 4.78 is 5.21. The Bertz CT molecular complexity index is 1120. The van der Waals surface area contributed by atoms with Crippen molar-refractivity contribution in [2.75, 3.05) is 37.5 Å². The van der Waals surface area contributed by atoms with Crippen LogP contribution in [0.5, 0.6) is 0 Å². The van der Waals surface area contributed by atoms with Crippen molar-refractivity contribution >= 4 is 28.2 Å². The van der Waals surface area contributed by atoms with Gasteiger partial charge in [-0.3, -0.25) is 5.10 Å². The van der Waals surface area contributed by atoms with Crippen LogP contribution in [0, 0.1) is 6.92 Å². The molecule has 2 N–H and O–H groups in total. The fourth-order valence-electron chi connectivity index (χ4n) is 3.11. The fourth-order valence-corrected chi connectivity index (χ4v) is 3.11. The number of aryl methyl sites for hydroxylation is 1. The van der Waals surface area contributed by atoms with Crippen molar-refractivity contribution in [3.05, 3.63) is 60.3 Å². The Kier molecular flexibility index (Phi) is 5.39. The van der Waals surface area contributed by atoms with Crippen LogP contribution in [0.1, 0.15) is 5.69 Å². The Morgan fingerprint density at radius 1 is 1.00 bits per heavy atom. The quantitative estimate of drug-likeness (QED) is 0.495. The first-order chi connectivity index (χ1) is 14.1. The zero-order valence-electron chi connectivity index (χ0n) is 16.8. The predicted octanol–water partition coefficient (Wildman–Crippen LogP) is 4.15. The number of rotatable bonds is 7. The summed E-state index contributed by atoms with van der Waals surface area (Å²) in [6, 6.07) is 18.4. The number of hydrogen-bond acceptors (Lipinski definition) is 6. The van der Waals surface area contributed by atoms with Crippen LogP contribution in [0.2, 0.25) is 0 Å². The van der Waals surface area contributed by atoms with Crippen molar-refractivity contribution in [2.24, 2.45) is 0 Å². The van der Waals surface area contributed by atoms with Crippen LogP contribution in [0.3, 0.4) is 0 Å². The van der Waals surface area contributed by atoms with E-state index in [1.165, 1.54) is 5.39 Å². The molecule has 0 unspecified atom stereocenters. The van der Waals surface area contributed by atoms with Crippen LogP contribution < -0.4 is 10.2 Å². The van der Waals surface area contributed by atoms with Crippen molar-refractivity contribution in [1.82, 2.24) is 20.2 Å². The average molecular weight is 388 g/mol. The summed E-state index contributed by atoms with van der Waals surface area (Å²) in [5.41, 5.74) is 1.95. The number of methoxy groups -OCH3 is 1. The third-order valence-electron chi connectivity index (χ3n) is 4.70. The number of nitrogens with one attached hydrogen (secondary N) is 2. The SMILES string of the molecule is COCCN(C)c1cc(Nc2cc(C)[nH]n2)nc(-c2ccc3ccccc3c2)n1. The summed E-state index contributed by atoms with van der Waals surface area (Å²) in [5, 5.41) is 12.8. The van der Waals surface area contributed by atoms with E-state index in [-0.39, 0.29) is 0 Å². The van der Waals surface area contributed by atoms with Crippen molar-refractivity contribution in [3.8, 4) is 11.4 Å². The summed E-state index contributed by atoms with van der Waals surface area (Å²) in [5.74, 6) is 2.88. The molecular formula is C22H24N6O. The Morgan fingerprint density at radius 2 is 1.83 bits per heavy atom. The molecule has 7 heteroatoms. The molecule has 2 aromatic heterocycles. The lowest BCUT2D eigenvalue weighted by Gasteiger charge is -2.19. The first-order valence-corrected chi connectivity index (χ1v) is 9.50. The molecule has 0 aliphatic heterocycles. The van der Waals surface area contributed by atoms with Crippen molar-refractivity contribution in [3.63, 3.8) is 0 Å². The number of anilines is 3. The maximum Gasteiger partial charge on any atom is 0.163 e. The second-order valence-corrected chi connectivity index (χ2v) is 6.97. The molecule has 4 rings (SSSR count). The molecule has 0 saturated heterocycles. The second kappa shape index (κ2) is 8.28. The average Bonchev–Trinajstić information content (AvgIpc) is 3.15. The third kappa shape index (κ3) is 4.35. The van der Waals surface area contributed by atoms with E-state index >= 15 is 0 Å². The van der Waals surface area contributed by atoms with E-state index in [4.69, 9.17) is 14.7 Å². The molecule has 0 bridgehead atoms. The van der Waals surface area contributed by atoms with E-state index in [9.17, 15) is 0 Å². The molecule has 0 amide bonds. The molecule has 0 spiro atoms. The number of aromatic amines is 1. The van der Waals surface area contributed by atoms with Crippen LogP contribution in [0.25, 0.3) is 22.2 Å². The van der Waals surface area contributed by atoms with Gasteiger partial charge in [0.25, 0.3) is 0 Å². The number of benzene rings is 2. The van der Waals surface area contributed by atoms with Gasteiger partial charge in [-0.1, -0.05) is 36.4 Å². The van der Waals surface area contributed by atoms with Crippen LogP contribution in [-0.4, -0.2) is 47.5 Å². The highest BCUT2D eigenvalue weighted by atomic mass is 16.5. The highest BCUT2D eigenvalue weighted by Crippen LogP contribution is 2.26. The highest BCUT2D eigenvalue weighted by Gasteiger charge is 2.12. The molecule has 0 fully saturated rings. The van der Waals surface area contributed by atoms with Gasteiger partial charge in [0.15, 0.2) is 11.6 Å². The van der Waals surface area contributed by atoms with Crippen molar-refractivity contribution in [1.29, 1.82) is 0 Å². The van der Waals surface area contributed by atoms with Gasteiger partial charge in [-0.2, -0.15) is 5.10 Å². The number of hydrogen-bond donors (Lipinski definition) is 2. The van der Waals surface area contributed by atoms with E-state index in [1.54, 1.807) is 7.11 Å². The number of nitrogens with zero attached hydrogens (tertiary/aromatic N) is 4. The predicted molar refractivity (Wildman–Crippen MR) is 117 cm³/mol. The number of aromatic nitrogens is 4. The van der Waals surface area contributed by atoms with Crippen LogP contribution >= 0.6 is 0 Å². The van der Waals surface area contributed by atoms with Gasteiger partial charge < -0.3 is 15.0 Å². The monoisotopic (exact) mass is 388 g/mol. The zero-order valence-corrected chi connectivity index (χ0v) is 16.8. The van der Waals surface area contributed by atoms with E-state index in [0.717, 1.165) is 34.8 Å². The van der Waals surface area contributed by atoms with Crippen LogP contribution in [0.15, 0.2) is 54.6 Å². The summed E-state index contributed by atoms with van der Waals surface area (Å²) in [6.45, 7) is 3.31. The molecule has 0 atom stereocenters. The number of H-pyrrole nitrogens is 1. The molecule has 4 aromatic rings. The van der Waals surface area contributed by atoms with Gasteiger partial charge in [0, 0.05) is 44.1 Å². The molecule has 7 nitrogen and oxygen atoms in total. The molecule has 0 aliphatic carbocycles.